The van der Waals surface area contributed by atoms with Crippen molar-refractivity contribution in [2.45, 2.75) is 12.5 Å². The van der Waals surface area contributed by atoms with Crippen molar-refractivity contribution in [3.63, 3.8) is 0 Å². The molecule has 5 heteroatoms. The maximum atomic E-state index is 8.70. The highest BCUT2D eigenvalue weighted by atomic mass is 127. The van der Waals surface area contributed by atoms with E-state index >= 15 is 0 Å². The molecule has 50 valence electrons. The Kier molecular flexibility index (Phi) is 4.77. The fourth-order valence-electron chi connectivity index (χ4n) is 0.218. The SMILES string of the molecule is CNC(O)C(O)NI. The molecule has 0 spiro atoms. The zero-order valence-electron chi connectivity index (χ0n) is 4.43. The van der Waals surface area contributed by atoms with Gasteiger partial charge in [-0.1, -0.05) is 0 Å². The van der Waals surface area contributed by atoms with Crippen LogP contribution in [-0.4, -0.2) is 29.7 Å². The van der Waals surface area contributed by atoms with Crippen molar-refractivity contribution >= 4 is 22.9 Å². The predicted octanol–water partition coefficient (Wildman–Crippen LogP) is -1.22. The van der Waals surface area contributed by atoms with Gasteiger partial charge in [-0.3, -0.25) is 5.32 Å². The van der Waals surface area contributed by atoms with E-state index in [1.807, 2.05) is 0 Å². The average molecular weight is 232 g/mol. The molecule has 2 unspecified atom stereocenters. The Hall–Kier alpha value is 0.570. The predicted molar refractivity (Wildman–Crippen MR) is 38.2 cm³/mol. The highest BCUT2D eigenvalue weighted by Crippen LogP contribution is 1.85. The number of aliphatic hydroxyl groups is 2. The Labute approximate surface area is 61.8 Å². The highest BCUT2D eigenvalue weighted by molar-refractivity contribution is 14.1. The van der Waals surface area contributed by atoms with Gasteiger partial charge in [-0.25, -0.2) is 3.53 Å². The molecule has 0 aromatic rings. The van der Waals surface area contributed by atoms with Crippen LogP contribution in [0.1, 0.15) is 0 Å². The first-order valence-corrected chi connectivity index (χ1v) is 3.19. The highest BCUT2D eigenvalue weighted by Gasteiger charge is 2.09. The summed E-state index contributed by atoms with van der Waals surface area (Å²) in [6, 6.07) is 0. The summed E-state index contributed by atoms with van der Waals surface area (Å²) in [6.45, 7) is 0. The maximum absolute atomic E-state index is 8.70. The zero-order chi connectivity index (χ0) is 6.57. The second-order valence-corrected chi connectivity index (χ2v) is 1.91. The Bertz CT molecular complexity index is 55.2. The Balaban J connectivity index is 3.29. The van der Waals surface area contributed by atoms with Gasteiger partial charge in [0, 0.05) is 22.9 Å². The molecule has 4 N–H and O–H groups in total. The molecule has 0 aliphatic carbocycles. The summed E-state index contributed by atoms with van der Waals surface area (Å²) in [5.41, 5.74) is 0. The minimum Gasteiger partial charge on any atom is -0.374 e. The summed E-state index contributed by atoms with van der Waals surface area (Å²) in [4.78, 5) is 0. The lowest BCUT2D eigenvalue weighted by molar-refractivity contribution is 0.00145. The van der Waals surface area contributed by atoms with Crippen LogP contribution >= 0.6 is 22.9 Å². The van der Waals surface area contributed by atoms with Crippen LogP contribution in [0.25, 0.3) is 0 Å². The number of hydrogen-bond acceptors (Lipinski definition) is 4. The standard InChI is InChI=1S/C3H9IN2O2/c1-5-2(7)3(8)6-4/h2-3,5-8H,1H3. The van der Waals surface area contributed by atoms with Crippen LogP contribution in [0.3, 0.4) is 0 Å². The number of aliphatic hydroxyl groups excluding tert-OH is 2. The quantitative estimate of drug-likeness (QED) is 0.280. The molecule has 0 aliphatic heterocycles. The van der Waals surface area contributed by atoms with Crippen LogP contribution in [-0.2, 0) is 0 Å². The molecule has 0 aromatic carbocycles. The summed E-state index contributed by atoms with van der Waals surface area (Å²) in [6.07, 6.45) is -1.80. The summed E-state index contributed by atoms with van der Waals surface area (Å²) >= 11 is 1.75. The van der Waals surface area contributed by atoms with Gasteiger partial charge in [-0.15, -0.1) is 0 Å². The van der Waals surface area contributed by atoms with E-state index in [1.165, 1.54) is 0 Å². The molecular formula is C3H9IN2O2. The summed E-state index contributed by atoms with van der Waals surface area (Å²) < 4.78 is 2.43. The number of likely N-dealkylation sites (N-methyl/N-ethyl adjacent to an activating group) is 1. The molecule has 0 heterocycles. The lowest BCUT2D eigenvalue weighted by Gasteiger charge is -2.13. The van der Waals surface area contributed by atoms with Crippen LogP contribution in [0.4, 0.5) is 0 Å². The van der Waals surface area contributed by atoms with E-state index in [2.05, 4.69) is 8.85 Å². The first kappa shape index (κ1) is 8.57. The molecule has 0 aliphatic rings. The van der Waals surface area contributed by atoms with Crippen molar-refractivity contribution in [3.8, 4) is 0 Å². The van der Waals surface area contributed by atoms with Crippen molar-refractivity contribution < 1.29 is 10.2 Å². The van der Waals surface area contributed by atoms with Crippen molar-refractivity contribution in [2.75, 3.05) is 7.05 Å². The van der Waals surface area contributed by atoms with E-state index in [1.54, 1.807) is 29.9 Å². The minimum absolute atomic E-state index is 0.896. The summed E-state index contributed by atoms with van der Waals surface area (Å²) in [5, 5.41) is 19.8. The molecule has 4 nitrogen and oxygen atoms in total. The average Bonchev–Trinajstić information content (AvgIpc) is 1.84. The molecule has 0 fully saturated rings. The largest absolute Gasteiger partial charge is 0.374 e. The fourth-order valence-corrected chi connectivity index (χ4v) is 0.558. The topological polar surface area (TPSA) is 64.5 Å². The monoisotopic (exact) mass is 232 g/mol. The van der Waals surface area contributed by atoms with Crippen LogP contribution < -0.4 is 8.85 Å². The summed E-state index contributed by atoms with van der Waals surface area (Å²) in [5.74, 6) is 0. The maximum Gasteiger partial charge on any atom is 0.152 e. The second-order valence-electron chi connectivity index (χ2n) is 1.29. The molecule has 0 radical (unpaired) electrons. The fraction of sp³-hybridized carbons (Fsp3) is 1.00. The molecule has 0 saturated heterocycles. The minimum atomic E-state index is -0.902. The molecule has 0 rings (SSSR count). The van der Waals surface area contributed by atoms with Gasteiger partial charge in [0.15, 0.2) is 6.23 Å². The molecule has 0 aromatic heterocycles. The van der Waals surface area contributed by atoms with E-state index in [-0.39, 0.29) is 0 Å². The third-order valence-electron chi connectivity index (χ3n) is 0.707. The van der Waals surface area contributed by atoms with Crippen molar-refractivity contribution in [3.05, 3.63) is 0 Å². The van der Waals surface area contributed by atoms with Gasteiger partial charge in [0.25, 0.3) is 0 Å². The lowest BCUT2D eigenvalue weighted by atomic mass is 10.5. The molecule has 8 heavy (non-hydrogen) atoms. The molecular weight excluding hydrogens is 223 g/mol. The van der Waals surface area contributed by atoms with Crippen molar-refractivity contribution in [1.82, 2.24) is 8.85 Å². The third-order valence-corrected chi connectivity index (χ3v) is 1.34. The van der Waals surface area contributed by atoms with Gasteiger partial charge in [-0.2, -0.15) is 0 Å². The Morgan fingerprint density at radius 2 is 1.88 bits per heavy atom. The molecule has 0 saturated carbocycles. The van der Waals surface area contributed by atoms with Crippen molar-refractivity contribution in [1.29, 1.82) is 0 Å². The smallest absolute Gasteiger partial charge is 0.152 e. The van der Waals surface area contributed by atoms with E-state index < -0.39 is 12.5 Å². The summed E-state index contributed by atoms with van der Waals surface area (Å²) in [7, 11) is 1.56. The van der Waals surface area contributed by atoms with Gasteiger partial charge in [0.05, 0.1) is 0 Å². The number of hydrogen-bond donors (Lipinski definition) is 4. The number of rotatable bonds is 3. The molecule has 0 bridgehead atoms. The van der Waals surface area contributed by atoms with Crippen LogP contribution in [0, 0.1) is 0 Å². The Morgan fingerprint density at radius 3 is 2.00 bits per heavy atom. The van der Waals surface area contributed by atoms with Gasteiger partial charge in [0.1, 0.15) is 6.23 Å². The van der Waals surface area contributed by atoms with Crippen LogP contribution in [0.2, 0.25) is 0 Å². The lowest BCUT2D eigenvalue weighted by Crippen LogP contribution is -2.42. The second kappa shape index (κ2) is 4.45. The molecule has 2 atom stereocenters. The van der Waals surface area contributed by atoms with Gasteiger partial charge in [-0.05, 0) is 7.05 Å². The van der Waals surface area contributed by atoms with Gasteiger partial charge < -0.3 is 10.2 Å². The van der Waals surface area contributed by atoms with Gasteiger partial charge in [0.2, 0.25) is 0 Å². The van der Waals surface area contributed by atoms with E-state index in [4.69, 9.17) is 10.2 Å². The van der Waals surface area contributed by atoms with E-state index in [9.17, 15) is 0 Å². The van der Waals surface area contributed by atoms with Crippen LogP contribution in [0.5, 0.6) is 0 Å². The van der Waals surface area contributed by atoms with Gasteiger partial charge >= 0.3 is 0 Å². The number of halogens is 1. The Morgan fingerprint density at radius 1 is 1.38 bits per heavy atom. The van der Waals surface area contributed by atoms with E-state index in [0.717, 1.165) is 0 Å². The van der Waals surface area contributed by atoms with Crippen molar-refractivity contribution in [2.24, 2.45) is 0 Å². The zero-order valence-corrected chi connectivity index (χ0v) is 6.58. The van der Waals surface area contributed by atoms with Crippen LogP contribution in [0.15, 0.2) is 0 Å². The molecule has 0 amide bonds. The van der Waals surface area contributed by atoms with E-state index in [0.29, 0.717) is 0 Å². The number of nitrogens with one attached hydrogen (secondary N) is 2. The third kappa shape index (κ3) is 2.78. The first-order chi connectivity index (χ1) is 3.72. The normalized spacial score (nSPS) is 18.0. The first-order valence-electron chi connectivity index (χ1n) is 2.12.